The minimum atomic E-state index is -1.11. The third kappa shape index (κ3) is 8.98. The van der Waals surface area contributed by atoms with Crippen LogP contribution in [0.15, 0.2) is 16.7 Å². The average Bonchev–Trinajstić information content (AvgIpc) is 3.20. The summed E-state index contributed by atoms with van der Waals surface area (Å²) >= 11 is 5.90. The summed E-state index contributed by atoms with van der Waals surface area (Å²) in [6, 6.07) is 3.22. The number of nitrogens with one attached hydrogen (secondary N) is 2. The summed E-state index contributed by atoms with van der Waals surface area (Å²) in [4.78, 5) is 31.4. The molecule has 0 radical (unpaired) electrons. The van der Waals surface area contributed by atoms with E-state index >= 15 is 0 Å². The molecule has 37 heavy (non-hydrogen) atoms. The van der Waals surface area contributed by atoms with Crippen molar-refractivity contribution in [2.75, 3.05) is 38.1 Å². The van der Waals surface area contributed by atoms with Gasteiger partial charge in [-0.25, -0.2) is 9.78 Å². The second-order valence-corrected chi connectivity index (χ2v) is 9.97. The van der Waals surface area contributed by atoms with Gasteiger partial charge in [-0.05, 0) is 89.1 Å². The third-order valence-electron chi connectivity index (χ3n) is 6.35. The number of ether oxygens (including phenoxy) is 1. The quantitative estimate of drug-likeness (QED) is 0.292. The summed E-state index contributed by atoms with van der Waals surface area (Å²) in [5.41, 5.74) is 2.73. The molecule has 0 saturated heterocycles. The van der Waals surface area contributed by atoms with Crippen LogP contribution in [0.3, 0.4) is 0 Å². The zero-order chi connectivity index (χ0) is 26.8. The first-order chi connectivity index (χ1) is 17.7. The van der Waals surface area contributed by atoms with Crippen LogP contribution in [0, 0.1) is 6.92 Å². The number of anilines is 1. The number of aliphatic carboxylic acids is 1. The first-order valence-electron chi connectivity index (χ1n) is 13.0. The first kappa shape index (κ1) is 28.9. The standard InChI is InChI=1S/C26H38ClN5O5/c1-17(2)36-16-15-32(13-5-4-8-20-10-9-19-7-6-12-28-24(19)29-20)14-11-21(26(34)35)30-25(33)22-18(3)31-37-23(22)27/h9-10,17,21H,4-8,11-16H2,1-3H3,(H,28,29)(H,30,33)(H,34,35). The first-order valence-corrected chi connectivity index (χ1v) is 13.3. The summed E-state index contributed by atoms with van der Waals surface area (Å²) in [5.74, 6) is -0.706. The van der Waals surface area contributed by atoms with Gasteiger partial charge in [0.15, 0.2) is 0 Å². The summed E-state index contributed by atoms with van der Waals surface area (Å²) < 4.78 is 10.5. The molecule has 1 aliphatic rings. The Bertz CT molecular complexity index is 1020. The molecule has 0 aliphatic carbocycles. The minimum absolute atomic E-state index is 0.0566. The average molecular weight is 536 g/mol. The predicted octanol–water partition coefficient (Wildman–Crippen LogP) is 3.71. The van der Waals surface area contributed by atoms with Crippen molar-refractivity contribution in [3.63, 3.8) is 0 Å². The van der Waals surface area contributed by atoms with Crippen LogP contribution in [0.2, 0.25) is 5.22 Å². The van der Waals surface area contributed by atoms with E-state index in [4.69, 9.17) is 25.8 Å². The highest BCUT2D eigenvalue weighted by Gasteiger charge is 2.26. The molecule has 204 valence electrons. The molecule has 1 aliphatic heterocycles. The van der Waals surface area contributed by atoms with E-state index in [1.807, 2.05) is 13.8 Å². The van der Waals surface area contributed by atoms with E-state index in [2.05, 4.69) is 32.8 Å². The summed E-state index contributed by atoms with van der Waals surface area (Å²) in [5, 5.41) is 19.1. The van der Waals surface area contributed by atoms with Crippen LogP contribution in [-0.4, -0.2) is 77.0 Å². The van der Waals surface area contributed by atoms with Gasteiger partial charge in [-0.1, -0.05) is 11.2 Å². The molecule has 0 spiro atoms. The van der Waals surface area contributed by atoms with Crippen molar-refractivity contribution in [2.45, 2.75) is 71.4 Å². The normalized spacial score (nSPS) is 13.9. The number of carboxylic acid groups (broad SMARTS) is 1. The number of nitrogens with zero attached hydrogens (tertiary/aromatic N) is 3. The number of fused-ring (bicyclic) bond motifs is 1. The maximum atomic E-state index is 12.6. The largest absolute Gasteiger partial charge is 0.480 e. The van der Waals surface area contributed by atoms with Gasteiger partial charge < -0.3 is 29.9 Å². The Balaban J connectivity index is 1.51. The molecule has 3 rings (SSSR count). The Morgan fingerprint density at radius 1 is 1.27 bits per heavy atom. The fourth-order valence-electron chi connectivity index (χ4n) is 4.30. The molecular weight excluding hydrogens is 498 g/mol. The monoisotopic (exact) mass is 535 g/mol. The summed E-state index contributed by atoms with van der Waals surface area (Å²) in [6.07, 6.45) is 5.37. The number of aromatic nitrogens is 2. The second-order valence-electron chi connectivity index (χ2n) is 9.63. The molecule has 1 atom stereocenters. The van der Waals surface area contributed by atoms with Crippen LogP contribution < -0.4 is 10.6 Å². The topological polar surface area (TPSA) is 130 Å². The minimum Gasteiger partial charge on any atom is -0.480 e. The molecule has 0 fully saturated rings. The highest BCUT2D eigenvalue weighted by molar-refractivity contribution is 6.32. The Hall–Kier alpha value is -2.69. The van der Waals surface area contributed by atoms with Gasteiger partial charge in [0.1, 0.15) is 17.4 Å². The zero-order valence-corrected chi connectivity index (χ0v) is 22.6. The van der Waals surface area contributed by atoms with E-state index in [0.717, 1.165) is 56.7 Å². The Kier molecular flexibility index (Phi) is 11.2. The highest BCUT2D eigenvalue weighted by Crippen LogP contribution is 2.21. The number of pyridine rings is 1. The van der Waals surface area contributed by atoms with E-state index in [1.54, 1.807) is 6.92 Å². The maximum Gasteiger partial charge on any atom is 0.326 e. The van der Waals surface area contributed by atoms with Crippen LogP contribution in [0.25, 0.3) is 0 Å². The Morgan fingerprint density at radius 3 is 2.78 bits per heavy atom. The smallest absolute Gasteiger partial charge is 0.326 e. The van der Waals surface area contributed by atoms with E-state index in [0.29, 0.717) is 25.4 Å². The van der Waals surface area contributed by atoms with Gasteiger partial charge in [0.2, 0.25) is 5.22 Å². The number of hydrogen-bond acceptors (Lipinski definition) is 8. The van der Waals surface area contributed by atoms with Gasteiger partial charge in [-0.2, -0.15) is 0 Å². The predicted molar refractivity (Wildman–Crippen MR) is 141 cm³/mol. The maximum absolute atomic E-state index is 12.6. The third-order valence-corrected chi connectivity index (χ3v) is 6.61. The van der Waals surface area contributed by atoms with Crippen LogP contribution in [-0.2, 0) is 22.4 Å². The van der Waals surface area contributed by atoms with Gasteiger partial charge in [0.25, 0.3) is 5.91 Å². The molecule has 3 heterocycles. The number of amides is 1. The molecule has 1 unspecified atom stereocenters. The number of hydrogen-bond donors (Lipinski definition) is 3. The van der Waals surface area contributed by atoms with Crippen molar-refractivity contribution in [1.82, 2.24) is 20.4 Å². The number of rotatable bonds is 15. The number of unbranched alkanes of at least 4 members (excludes halogenated alkanes) is 1. The molecule has 10 nitrogen and oxygen atoms in total. The van der Waals surface area contributed by atoms with Gasteiger partial charge in [0.05, 0.1) is 18.4 Å². The second kappa shape index (κ2) is 14.3. The Labute approximate surface area is 223 Å². The molecule has 0 bridgehead atoms. The molecule has 3 N–H and O–H groups in total. The lowest BCUT2D eigenvalue weighted by Gasteiger charge is -2.25. The van der Waals surface area contributed by atoms with Gasteiger partial charge in [-0.3, -0.25) is 4.79 Å². The molecular formula is C26H38ClN5O5. The van der Waals surface area contributed by atoms with Crippen LogP contribution in [0.1, 0.15) is 66.8 Å². The van der Waals surface area contributed by atoms with Crippen molar-refractivity contribution in [1.29, 1.82) is 0 Å². The zero-order valence-electron chi connectivity index (χ0n) is 21.9. The van der Waals surface area contributed by atoms with Crippen LogP contribution in [0.4, 0.5) is 5.82 Å². The van der Waals surface area contributed by atoms with Crippen molar-refractivity contribution in [2.24, 2.45) is 0 Å². The summed E-state index contributed by atoms with van der Waals surface area (Å²) in [6.45, 7) is 9.03. The number of carbonyl (C=O) groups excluding carboxylic acids is 1. The SMILES string of the molecule is Cc1noc(Cl)c1C(=O)NC(CCN(CCCCc1ccc2c(n1)NCCC2)CCOC(C)C)C(=O)O. The molecule has 0 saturated carbocycles. The fourth-order valence-corrected chi connectivity index (χ4v) is 4.55. The van der Waals surface area contributed by atoms with Gasteiger partial charge in [0, 0.05) is 25.3 Å². The van der Waals surface area contributed by atoms with E-state index in [1.165, 1.54) is 5.56 Å². The molecule has 11 heteroatoms. The van der Waals surface area contributed by atoms with E-state index in [9.17, 15) is 14.7 Å². The van der Waals surface area contributed by atoms with E-state index in [-0.39, 0.29) is 23.3 Å². The van der Waals surface area contributed by atoms with Gasteiger partial charge >= 0.3 is 5.97 Å². The Morgan fingerprint density at radius 2 is 2.08 bits per heavy atom. The van der Waals surface area contributed by atoms with Crippen molar-refractivity contribution < 1.29 is 24.0 Å². The lowest BCUT2D eigenvalue weighted by atomic mass is 10.1. The molecule has 2 aromatic rings. The summed E-state index contributed by atoms with van der Waals surface area (Å²) in [7, 11) is 0. The van der Waals surface area contributed by atoms with Crippen LogP contribution in [0.5, 0.6) is 0 Å². The molecule has 1 amide bonds. The fraction of sp³-hybridized carbons (Fsp3) is 0.615. The van der Waals surface area contributed by atoms with Crippen molar-refractivity contribution in [3.05, 3.63) is 39.9 Å². The molecule has 0 aromatic carbocycles. The highest BCUT2D eigenvalue weighted by atomic mass is 35.5. The molecule has 2 aromatic heterocycles. The number of halogens is 1. The van der Waals surface area contributed by atoms with Crippen molar-refractivity contribution in [3.8, 4) is 0 Å². The van der Waals surface area contributed by atoms with Crippen molar-refractivity contribution >= 4 is 29.3 Å². The number of carboxylic acids is 1. The van der Waals surface area contributed by atoms with Crippen LogP contribution >= 0.6 is 11.6 Å². The number of aryl methyl sites for hydroxylation is 3. The lowest BCUT2D eigenvalue weighted by molar-refractivity contribution is -0.139. The number of carbonyl (C=O) groups is 2. The van der Waals surface area contributed by atoms with Gasteiger partial charge in [-0.15, -0.1) is 0 Å². The van der Waals surface area contributed by atoms with E-state index < -0.39 is 17.9 Å². The lowest BCUT2D eigenvalue weighted by Crippen LogP contribution is -2.43.